The van der Waals surface area contributed by atoms with Crippen LogP contribution in [0.1, 0.15) is 44.2 Å². The molecule has 1 aromatic rings. The van der Waals surface area contributed by atoms with Gasteiger partial charge in [0.15, 0.2) is 0 Å². The van der Waals surface area contributed by atoms with Crippen LogP contribution in [-0.4, -0.2) is 14.5 Å². The average Bonchev–Trinajstić information content (AvgIpc) is 2.42. The van der Waals surface area contributed by atoms with Gasteiger partial charge in [0.2, 0.25) is 10.0 Å². The molecule has 3 atom stereocenters. The van der Waals surface area contributed by atoms with Gasteiger partial charge in [0.25, 0.3) is 0 Å². The summed E-state index contributed by atoms with van der Waals surface area (Å²) in [5.41, 5.74) is 1.25. The second kappa shape index (κ2) is 6.59. The van der Waals surface area contributed by atoms with E-state index in [9.17, 15) is 8.42 Å². The lowest BCUT2D eigenvalue weighted by molar-refractivity contribution is 0.249. The molecule has 1 fully saturated rings. The largest absolute Gasteiger partial charge is 0.216 e. The van der Waals surface area contributed by atoms with Crippen molar-refractivity contribution in [2.24, 2.45) is 11.8 Å². The zero-order valence-electron chi connectivity index (χ0n) is 12.5. The topological polar surface area (TPSA) is 70.0 Å². The monoisotopic (exact) mass is 306 g/mol. The lowest BCUT2D eigenvalue weighted by atomic mass is 9.80. The Labute approximate surface area is 127 Å². The molecule has 0 radical (unpaired) electrons. The van der Waals surface area contributed by atoms with Crippen molar-refractivity contribution in [3.63, 3.8) is 0 Å². The third-order valence-corrected chi connectivity index (χ3v) is 5.58. The molecule has 0 aliphatic heterocycles. The molecule has 1 aliphatic rings. The molecular formula is C16H22N2O2S. The summed E-state index contributed by atoms with van der Waals surface area (Å²) in [6.45, 7) is 4.34. The first-order valence-electron chi connectivity index (χ1n) is 7.38. The smallest absolute Gasteiger partial charge is 0.212 e. The first-order valence-corrected chi connectivity index (χ1v) is 9.04. The summed E-state index contributed by atoms with van der Waals surface area (Å²) in [7, 11) is -3.34. The van der Waals surface area contributed by atoms with Gasteiger partial charge in [0, 0.05) is 6.04 Å². The van der Waals surface area contributed by atoms with Crippen LogP contribution in [0.25, 0.3) is 0 Å². The maximum absolute atomic E-state index is 12.3. The van der Waals surface area contributed by atoms with E-state index in [0.717, 1.165) is 19.3 Å². The Balaban J connectivity index is 2.00. The van der Waals surface area contributed by atoms with E-state index >= 15 is 0 Å². The summed E-state index contributed by atoms with van der Waals surface area (Å²) < 4.78 is 27.4. The molecule has 0 aromatic heterocycles. The van der Waals surface area contributed by atoms with Gasteiger partial charge < -0.3 is 0 Å². The number of benzene rings is 1. The highest BCUT2D eigenvalue weighted by Gasteiger charge is 2.28. The average molecular weight is 306 g/mol. The van der Waals surface area contributed by atoms with Crippen LogP contribution in [0.3, 0.4) is 0 Å². The summed E-state index contributed by atoms with van der Waals surface area (Å²) in [5, 5.41) is 8.75. The Morgan fingerprint density at radius 3 is 2.48 bits per heavy atom. The maximum Gasteiger partial charge on any atom is 0.216 e. The SMILES string of the molecule is CC1CCC(NS(=O)(=O)Cc2ccc(C#N)cc2)C(C)C1. The molecule has 0 spiro atoms. The first kappa shape index (κ1) is 16.0. The van der Waals surface area contributed by atoms with Crippen molar-refractivity contribution in [3.05, 3.63) is 35.4 Å². The van der Waals surface area contributed by atoms with Gasteiger partial charge in [0.1, 0.15) is 0 Å². The Morgan fingerprint density at radius 1 is 1.24 bits per heavy atom. The van der Waals surface area contributed by atoms with E-state index < -0.39 is 10.0 Å². The van der Waals surface area contributed by atoms with Crippen molar-refractivity contribution < 1.29 is 8.42 Å². The van der Waals surface area contributed by atoms with E-state index in [2.05, 4.69) is 18.6 Å². The number of sulfonamides is 1. The van der Waals surface area contributed by atoms with Crippen molar-refractivity contribution >= 4 is 10.0 Å². The lowest BCUT2D eigenvalue weighted by Gasteiger charge is -2.32. The predicted molar refractivity (Wildman–Crippen MR) is 82.9 cm³/mol. The standard InChI is InChI=1S/C16H22N2O2S/c1-12-3-8-16(13(2)9-12)18-21(19,20)11-15-6-4-14(10-17)5-7-15/h4-7,12-13,16,18H,3,8-9,11H2,1-2H3. The van der Waals surface area contributed by atoms with Crippen LogP contribution >= 0.6 is 0 Å². The summed E-state index contributed by atoms with van der Waals surface area (Å²) in [4.78, 5) is 0. The Hall–Kier alpha value is -1.38. The maximum atomic E-state index is 12.3. The normalized spacial score (nSPS) is 26.2. The quantitative estimate of drug-likeness (QED) is 0.930. The molecule has 0 heterocycles. The van der Waals surface area contributed by atoms with Crippen LogP contribution in [0, 0.1) is 23.2 Å². The minimum Gasteiger partial charge on any atom is -0.212 e. The highest BCUT2D eigenvalue weighted by molar-refractivity contribution is 7.88. The Kier molecular flexibility index (Phi) is 5.02. The number of hydrogen-bond donors (Lipinski definition) is 1. The molecule has 3 unspecified atom stereocenters. The van der Waals surface area contributed by atoms with Crippen LogP contribution in [0.2, 0.25) is 0 Å². The second-order valence-electron chi connectivity index (χ2n) is 6.19. The molecule has 114 valence electrons. The van der Waals surface area contributed by atoms with E-state index in [1.165, 1.54) is 0 Å². The van der Waals surface area contributed by atoms with Gasteiger partial charge in [-0.25, -0.2) is 13.1 Å². The van der Waals surface area contributed by atoms with Crippen molar-refractivity contribution in [3.8, 4) is 6.07 Å². The molecular weight excluding hydrogens is 284 g/mol. The summed E-state index contributed by atoms with van der Waals surface area (Å²) in [5.74, 6) is 1.03. The number of nitrogens with zero attached hydrogens (tertiary/aromatic N) is 1. The zero-order valence-corrected chi connectivity index (χ0v) is 13.4. The summed E-state index contributed by atoms with van der Waals surface area (Å²) in [6.07, 6.45) is 3.06. The molecule has 2 rings (SSSR count). The lowest BCUT2D eigenvalue weighted by Crippen LogP contribution is -2.42. The molecule has 21 heavy (non-hydrogen) atoms. The van der Waals surface area contributed by atoms with Crippen LogP contribution in [0.5, 0.6) is 0 Å². The van der Waals surface area contributed by atoms with Crippen LogP contribution < -0.4 is 4.72 Å². The van der Waals surface area contributed by atoms with Gasteiger partial charge in [-0.3, -0.25) is 0 Å². The highest BCUT2D eigenvalue weighted by atomic mass is 32.2. The van der Waals surface area contributed by atoms with Crippen LogP contribution in [0.15, 0.2) is 24.3 Å². The molecule has 0 saturated heterocycles. The number of nitrogens with one attached hydrogen (secondary N) is 1. The third-order valence-electron chi connectivity index (χ3n) is 4.20. The van der Waals surface area contributed by atoms with E-state index in [4.69, 9.17) is 5.26 Å². The fraction of sp³-hybridized carbons (Fsp3) is 0.562. The fourth-order valence-corrected chi connectivity index (χ4v) is 4.53. The van der Waals surface area contributed by atoms with Crippen LogP contribution in [-0.2, 0) is 15.8 Å². The fourth-order valence-electron chi connectivity index (χ4n) is 3.01. The van der Waals surface area contributed by atoms with E-state index in [1.54, 1.807) is 24.3 Å². The molecule has 1 N–H and O–H groups in total. The van der Waals surface area contributed by atoms with Gasteiger partial charge in [-0.15, -0.1) is 0 Å². The van der Waals surface area contributed by atoms with E-state index in [1.807, 2.05) is 6.07 Å². The van der Waals surface area contributed by atoms with Crippen molar-refractivity contribution in [2.45, 2.75) is 44.9 Å². The van der Waals surface area contributed by atoms with Gasteiger partial charge in [-0.1, -0.05) is 26.0 Å². The van der Waals surface area contributed by atoms with Gasteiger partial charge in [-0.2, -0.15) is 5.26 Å². The Bertz CT molecular complexity index is 617. The van der Waals surface area contributed by atoms with Gasteiger partial charge in [-0.05, 0) is 48.8 Å². The summed E-state index contributed by atoms with van der Waals surface area (Å²) in [6, 6.07) is 8.77. The molecule has 1 aliphatic carbocycles. The van der Waals surface area contributed by atoms with Crippen LogP contribution in [0.4, 0.5) is 0 Å². The molecule has 0 bridgehead atoms. The highest BCUT2D eigenvalue weighted by Crippen LogP contribution is 2.29. The predicted octanol–water partition coefficient (Wildman–Crippen LogP) is 2.80. The second-order valence-corrected chi connectivity index (χ2v) is 7.94. The minimum atomic E-state index is -3.34. The number of nitriles is 1. The molecule has 4 nitrogen and oxygen atoms in total. The van der Waals surface area contributed by atoms with E-state index in [-0.39, 0.29) is 11.8 Å². The molecule has 1 saturated carbocycles. The van der Waals surface area contributed by atoms with E-state index in [0.29, 0.717) is 23.0 Å². The molecule has 0 amide bonds. The number of rotatable bonds is 4. The first-order chi connectivity index (χ1) is 9.89. The molecule has 5 heteroatoms. The van der Waals surface area contributed by atoms with Crippen molar-refractivity contribution in [1.29, 1.82) is 5.26 Å². The van der Waals surface area contributed by atoms with Crippen molar-refractivity contribution in [1.82, 2.24) is 4.72 Å². The third kappa shape index (κ3) is 4.55. The van der Waals surface area contributed by atoms with Gasteiger partial charge >= 0.3 is 0 Å². The zero-order chi connectivity index (χ0) is 15.5. The summed E-state index contributed by atoms with van der Waals surface area (Å²) >= 11 is 0. The minimum absolute atomic E-state index is 0.0303. The Morgan fingerprint density at radius 2 is 1.90 bits per heavy atom. The number of hydrogen-bond acceptors (Lipinski definition) is 3. The van der Waals surface area contributed by atoms with Gasteiger partial charge in [0.05, 0.1) is 17.4 Å². The molecule has 1 aromatic carbocycles. The van der Waals surface area contributed by atoms with Crippen molar-refractivity contribution in [2.75, 3.05) is 0 Å².